The number of hydrogen-bond donors (Lipinski definition) is 1. The lowest BCUT2D eigenvalue weighted by Gasteiger charge is -2.13. The molecule has 0 spiro atoms. The molecule has 136 valence electrons. The fourth-order valence-corrected chi connectivity index (χ4v) is 3.15. The van der Waals surface area contributed by atoms with E-state index in [-0.39, 0.29) is 17.8 Å². The summed E-state index contributed by atoms with van der Waals surface area (Å²) in [6.07, 6.45) is -0.197. The SMILES string of the molecule is CCc1ccc(-c2csc(Nc3cc(C(F)(F)F)c(CC)cn3)n2)nc1. The first-order valence-corrected chi connectivity index (χ1v) is 9.02. The Bertz CT molecular complexity index is 888. The Morgan fingerprint density at radius 2 is 1.85 bits per heavy atom. The van der Waals surface area contributed by atoms with E-state index in [1.54, 1.807) is 18.5 Å². The van der Waals surface area contributed by atoms with Crippen molar-refractivity contribution in [3.8, 4) is 11.4 Å². The molecule has 3 aromatic heterocycles. The van der Waals surface area contributed by atoms with Crippen molar-refractivity contribution in [3.63, 3.8) is 0 Å². The van der Waals surface area contributed by atoms with Crippen LogP contribution >= 0.6 is 11.3 Å². The molecule has 3 aromatic rings. The molecule has 0 saturated carbocycles. The number of pyridine rings is 2. The number of thiazole rings is 1. The van der Waals surface area contributed by atoms with Crippen molar-refractivity contribution in [2.45, 2.75) is 32.9 Å². The van der Waals surface area contributed by atoms with E-state index in [4.69, 9.17) is 0 Å². The second kappa shape index (κ2) is 7.41. The zero-order chi connectivity index (χ0) is 18.7. The predicted molar refractivity (Wildman–Crippen MR) is 96.6 cm³/mol. The molecule has 3 heterocycles. The Hall–Kier alpha value is -2.48. The van der Waals surface area contributed by atoms with Crippen LogP contribution in [0.5, 0.6) is 0 Å². The third-order valence-corrected chi connectivity index (χ3v) is 4.67. The van der Waals surface area contributed by atoms with Gasteiger partial charge in [0.05, 0.1) is 11.3 Å². The van der Waals surface area contributed by atoms with Crippen LogP contribution in [0.3, 0.4) is 0 Å². The first-order chi connectivity index (χ1) is 12.4. The fourth-order valence-electron chi connectivity index (χ4n) is 2.44. The van der Waals surface area contributed by atoms with Gasteiger partial charge in [0.2, 0.25) is 0 Å². The number of aryl methyl sites for hydroxylation is 2. The molecule has 1 N–H and O–H groups in total. The van der Waals surface area contributed by atoms with Crippen molar-refractivity contribution in [1.82, 2.24) is 15.0 Å². The van der Waals surface area contributed by atoms with Gasteiger partial charge in [-0.3, -0.25) is 4.98 Å². The molecule has 26 heavy (non-hydrogen) atoms. The zero-order valence-corrected chi connectivity index (χ0v) is 15.1. The van der Waals surface area contributed by atoms with Crippen molar-refractivity contribution in [1.29, 1.82) is 0 Å². The highest BCUT2D eigenvalue weighted by molar-refractivity contribution is 7.14. The number of hydrogen-bond acceptors (Lipinski definition) is 5. The highest BCUT2D eigenvalue weighted by atomic mass is 32.1. The molecule has 0 fully saturated rings. The van der Waals surface area contributed by atoms with Crippen molar-refractivity contribution < 1.29 is 13.2 Å². The Balaban J connectivity index is 1.82. The lowest BCUT2D eigenvalue weighted by Crippen LogP contribution is -2.10. The summed E-state index contributed by atoms with van der Waals surface area (Å²) < 4.78 is 39.5. The highest BCUT2D eigenvalue weighted by Crippen LogP contribution is 2.34. The maximum Gasteiger partial charge on any atom is 0.416 e. The van der Waals surface area contributed by atoms with Crippen molar-refractivity contribution >= 4 is 22.3 Å². The summed E-state index contributed by atoms with van der Waals surface area (Å²) in [5.41, 5.74) is 2.01. The van der Waals surface area contributed by atoms with Crippen LogP contribution < -0.4 is 5.32 Å². The number of alkyl halides is 3. The summed E-state index contributed by atoms with van der Waals surface area (Å²) in [4.78, 5) is 12.8. The summed E-state index contributed by atoms with van der Waals surface area (Å²) in [5, 5.41) is 5.12. The molecule has 0 aliphatic rings. The monoisotopic (exact) mass is 378 g/mol. The van der Waals surface area contributed by atoms with Crippen LogP contribution in [0.25, 0.3) is 11.4 Å². The van der Waals surface area contributed by atoms with Gasteiger partial charge in [-0.15, -0.1) is 11.3 Å². The van der Waals surface area contributed by atoms with Crippen LogP contribution in [-0.4, -0.2) is 15.0 Å². The molecule has 8 heteroatoms. The standard InChI is InChI=1S/C18H17F3N4S/c1-3-11-5-6-14(22-8-11)15-10-26-17(24-15)25-16-7-13(18(19,20)21)12(4-2)9-23-16/h5-10H,3-4H2,1-2H3,(H,23,24,25). The zero-order valence-electron chi connectivity index (χ0n) is 14.3. The maximum absolute atomic E-state index is 13.2. The van der Waals surface area contributed by atoms with E-state index >= 15 is 0 Å². The Morgan fingerprint density at radius 3 is 2.46 bits per heavy atom. The van der Waals surface area contributed by atoms with E-state index in [9.17, 15) is 13.2 Å². The van der Waals surface area contributed by atoms with E-state index < -0.39 is 11.7 Å². The first-order valence-electron chi connectivity index (χ1n) is 8.14. The van der Waals surface area contributed by atoms with E-state index in [0.29, 0.717) is 10.8 Å². The molecule has 0 saturated heterocycles. The van der Waals surface area contributed by atoms with Gasteiger partial charge >= 0.3 is 6.18 Å². The fraction of sp³-hybridized carbons (Fsp3) is 0.278. The minimum absolute atomic E-state index is 0.115. The summed E-state index contributed by atoms with van der Waals surface area (Å²) >= 11 is 1.29. The van der Waals surface area contributed by atoms with Crippen molar-refractivity contribution in [2.75, 3.05) is 5.32 Å². The van der Waals surface area contributed by atoms with Crippen LogP contribution in [0.2, 0.25) is 0 Å². The van der Waals surface area contributed by atoms with Gasteiger partial charge in [0.1, 0.15) is 11.5 Å². The minimum atomic E-state index is -4.41. The second-order valence-electron chi connectivity index (χ2n) is 5.65. The van der Waals surface area contributed by atoms with Crippen molar-refractivity contribution in [2.24, 2.45) is 0 Å². The smallest absolute Gasteiger partial charge is 0.316 e. The van der Waals surface area contributed by atoms with Gasteiger partial charge < -0.3 is 5.32 Å². The molecule has 4 nitrogen and oxygen atoms in total. The van der Waals surface area contributed by atoms with Crippen molar-refractivity contribution in [3.05, 3.63) is 52.7 Å². The Morgan fingerprint density at radius 1 is 1.04 bits per heavy atom. The molecule has 0 unspecified atom stereocenters. The minimum Gasteiger partial charge on any atom is -0.316 e. The third kappa shape index (κ3) is 4.01. The molecule has 0 amide bonds. The molecule has 0 aliphatic carbocycles. The molecule has 3 rings (SSSR count). The predicted octanol–water partition coefficient (Wildman–Crippen LogP) is 5.49. The van der Waals surface area contributed by atoms with Crippen LogP contribution in [0.1, 0.15) is 30.5 Å². The molecule has 0 radical (unpaired) electrons. The summed E-state index contributed by atoms with van der Waals surface area (Å²) in [6.45, 7) is 3.72. The second-order valence-corrected chi connectivity index (χ2v) is 6.50. The molecule has 0 aliphatic heterocycles. The largest absolute Gasteiger partial charge is 0.416 e. The van der Waals surface area contributed by atoms with E-state index in [1.165, 1.54) is 17.5 Å². The third-order valence-electron chi connectivity index (χ3n) is 3.91. The lowest BCUT2D eigenvalue weighted by molar-refractivity contribution is -0.138. The lowest BCUT2D eigenvalue weighted by atomic mass is 10.1. The van der Waals surface area contributed by atoms with Crippen LogP contribution in [0, 0.1) is 0 Å². The Kier molecular flexibility index (Phi) is 5.22. The van der Waals surface area contributed by atoms with Crippen LogP contribution in [-0.2, 0) is 19.0 Å². The number of nitrogens with one attached hydrogen (secondary N) is 1. The number of rotatable bonds is 5. The van der Waals surface area contributed by atoms with Gasteiger partial charge in [0, 0.05) is 17.8 Å². The summed E-state index contributed by atoms with van der Waals surface area (Å²) in [6, 6.07) is 4.89. The van der Waals surface area contributed by atoms with Gasteiger partial charge in [0.15, 0.2) is 5.13 Å². The maximum atomic E-state index is 13.2. The van der Waals surface area contributed by atoms with E-state index in [1.807, 2.05) is 19.1 Å². The highest BCUT2D eigenvalue weighted by Gasteiger charge is 2.33. The van der Waals surface area contributed by atoms with Crippen LogP contribution in [0.4, 0.5) is 24.1 Å². The number of halogens is 3. The van der Waals surface area contributed by atoms with Gasteiger partial charge in [0.25, 0.3) is 0 Å². The average molecular weight is 378 g/mol. The first kappa shape index (κ1) is 18.3. The number of aromatic nitrogens is 3. The molecular formula is C18H17F3N4S. The summed E-state index contributed by atoms with van der Waals surface area (Å²) in [5.74, 6) is 0.115. The quantitative estimate of drug-likeness (QED) is 0.638. The summed E-state index contributed by atoms with van der Waals surface area (Å²) in [7, 11) is 0. The van der Waals surface area contributed by atoms with Gasteiger partial charge in [-0.1, -0.05) is 19.9 Å². The molecule has 0 bridgehead atoms. The van der Waals surface area contributed by atoms with Gasteiger partial charge in [-0.2, -0.15) is 13.2 Å². The van der Waals surface area contributed by atoms with Gasteiger partial charge in [-0.05, 0) is 36.1 Å². The topological polar surface area (TPSA) is 50.7 Å². The molecule has 0 aromatic carbocycles. The van der Waals surface area contributed by atoms with E-state index in [0.717, 1.165) is 23.7 Å². The Labute approximate surface area is 153 Å². The normalized spacial score (nSPS) is 11.6. The van der Waals surface area contributed by atoms with E-state index in [2.05, 4.69) is 20.3 Å². The van der Waals surface area contributed by atoms with Gasteiger partial charge in [-0.25, -0.2) is 9.97 Å². The van der Waals surface area contributed by atoms with Crippen LogP contribution in [0.15, 0.2) is 36.0 Å². The molecule has 0 atom stereocenters. The molecular weight excluding hydrogens is 361 g/mol. The number of anilines is 2. The number of nitrogens with zero attached hydrogens (tertiary/aromatic N) is 3. The average Bonchev–Trinajstić information content (AvgIpc) is 3.09.